The lowest BCUT2D eigenvalue weighted by atomic mass is 9.67. The first-order chi connectivity index (χ1) is 17.7. The molecule has 9 heteroatoms. The van der Waals surface area contributed by atoms with Crippen molar-refractivity contribution in [3.05, 3.63) is 75.6 Å². The predicted octanol–water partition coefficient (Wildman–Crippen LogP) is 2.94. The van der Waals surface area contributed by atoms with E-state index in [4.69, 9.17) is 5.73 Å². The van der Waals surface area contributed by atoms with E-state index in [1.165, 1.54) is 0 Å². The number of tetrazole rings is 1. The predicted molar refractivity (Wildman–Crippen MR) is 143 cm³/mol. The number of rotatable bonds is 8. The van der Waals surface area contributed by atoms with Gasteiger partial charge in [0.15, 0.2) is 5.82 Å². The number of carbonyl (C=O) groups excluding carboxylic acids is 2. The average Bonchev–Trinajstić information content (AvgIpc) is 3.39. The van der Waals surface area contributed by atoms with Gasteiger partial charge in [-0.15, -0.1) is 10.2 Å². The highest BCUT2D eigenvalue weighted by molar-refractivity contribution is 5.95. The molecule has 0 saturated carbocycles. The Kier molecular flexibility index (Phi) is 7.73. The van der Waals surface area contributed by atoms with Gasteiger partial charge in [-0.3, -0.25) is 9.59 Å². The second-order valence-corrected chi connectivity index (χ2v) is 10.4. The lowest BCUT2D eigenvalue weighted by molar-refractivity contribution is 0.0820. The minimum Gasteiger partial charge on any atom is -0.345 e. The van der Waals surface area contributed by atoms with Gasteiger partial charge in [0.05, 0.1) is 5.41 Å². The number of unbranched alkanes of at least 4 members (excludes halogenated alkanes) is 1. The number of aromatic amines is 1. The average molecular weight is 504 g/mol. The van der Waals surface area contributed by atoms with Gasteiger partial charge < -0.3 is 15.5 Å². The molecule has 2 amide bonds. The smallest absolute Gasteiger partial charge is 0.253 e. The zero-order chi connectivity index (χ0) is 26.7. The van der Waals surface area contributed by atoms with Crippen molar-refractivity contribution in [1.29, 1.82) is 0 Å². The van der Waals surface area contributed by atoms with E-state index in [1.54, 1.807) is 38.0 Å². The zero-order valence-electron chi connectivity index (χ0n) is 22.4. The van der Waals surface area contributed by atoms with Gasteiger partial charge in [0, 0.05) is 45.4 Å². The van der Waals surface area contributed by atoms with Crippen molar-refractivity contribution in [2.75, 3.05) is 28.2 Å². The largest absolute Gasteiger partial charge is 0.345 e. The Hall–Kier alpha value is -3.59. The Bertz CT molecular complexity index is 1200. The summed E-state index contributed by atoms with van der Waals surface area (Å²) in [5.74, 6) is 0.448. The number of aromatic nitrogens is 4. The lowest BCUT2D eigenvalue weighted by Crippen LogP contribution is -2.39. The fourth-order valence-corrected chi connectivity index (χ4v) is 5.49. The number of benzene rings is 2. The number of hydrogen-bond acceptors (Lipinski definition) is 6. The van der Waals surface area contributed by atoms with Crippen molar-refractivity contribution in [2.24, 2.45) is 5.73 Å². The van der Waals surface area contributed by atoms with Crippen LogP contribution in [-0.4, -0.2) is 76.5 Å². The van der Waals surface area contributed by atoms with Gasteiger partial charge in [-0.05, 0) is 72.2 Å². The van der Waals surface area contributed by atoms with Crippen molar-refractivity contribution in [2.45, 2.75) is 56.9 Å². The Balaban J connectivity index is 1.98. The molecule has 1 aliphatic carbocycles. The van der Waals surface area contributed by atoms with Crippen LogP contribution < -0.4 is 5.73 Å². The van der Waals surface area contributed by atoms with Crippen molar-refractivity contribution in [3.63, 3.8) is 0 Å². The summed E-state index contributed by atoms with van der Waals surface area (Å²) >= 11 is 0. The first-order valence-electron chi connectivity index (χ1n) is 12.9. The molecule has 3 aromatic rings. The topological polar surface area (TPSA) is 121 Å². The van der Waals surface area contributed by atoms with E-state index in [1.807, 2.05) is 36.4 Å². The number of nitrogens with zero attached hydrogens (tertiary/aromatic N) is 5. The molecule has 0 aliphatic heterocycles. The van der Waals surface area contributed by atoms with Gasteiger partial charge in [-0.25, -0.2) is 0 Å². The maximum Gasteiger partial charge on any atom is 0.253 e. The van der Waals surface area contributed by atoms with Crippen molar-refractivity contribution in [3.8, 4) is 0 Å². The number of H-pyrrole nitrogens is 1. The van der Waals surface area contributed by atoms with E-state index >= 15 is 0 Å². The maximum atomic E-state index is 12.8. The van der Waals surface area contributed by atoms with Gasteiger partial charge in [-0.2, -0.15) is 5.21 Å². The Morgan fingerprint density at radius 1 is 0.973 bits per heavy atom. The Morgan fingerprint density at radius 3 is 1.95 bits per heavy atom. The molecule has 9 nitrogen and oxygen atoms in total. The third-order valence-electron chi connectivity index (χ3n) is 7.32. The normalized spacial score (nSPS) is 14.8. The molecule has 0 radical (unpaired) electrons. The summed E-state index contributed by atoms with van der Waals surface area (Å²) in [6.45, 7) is 2.16. The van der Waals surface area contributed by atoms with Gasteiger partial charge in [0.1, 0.15) is 0 Å². The first kappa shape index (κ1) is 26.5. The van der Waals surface area contributed by atoms with Crippen LogP contribution in [-0.2, 0) is 18.3 Å². The van der Waals surface area contributed by atoms with Gasteiger partial charge in [-0.1, -0.05) is 37.1 Å². The number of amides is 2. The molecule has 3 N–H and O–H groups in total. The van der Waals surface area contributed by atoms with Gasteiger partial charge in [0.25, 0.3) is 11.8 Å². The SMILES string of the molecule is CCCC[C@H](N)CC1(c2nn[nH]n2)c2ccc(C(=O)N(C)C)cc2CCc2cc(C(=O)N(C)C)ccc21. The molecule has 0 bridgehead atoms. The second-order valence-electron chi connectivity index (χ2n) is 10.4. The van der Waals surface area contributed by atoms with E-state index in [0.29, 0.717) is 36.2 Å². The third-order valence-corrected chi connectivity index (χ3v) is 7.32. The number of carbonyl (C=O) groups is 2. The van der Waals surface area contributed by atoms with Crippen LogP contribution in [0.3, 0.4) is 0 Å². The number of fused-ring (bicyclic) bond motifs is 2. The first-order valence-corrected chi connectivity index (χ1v) is 12.9. The molecule has 0 fully saturated rings. The van der Waals surface area contributed by atoms with E-state index in [9.17, 15) is 9.59 Å². The minimum absolute atomic E-state index is 0.0479. The minimum atomic E-state index is -0.777. The highest BCUT2D eigenvalue weighted by atomic mass is 16.2. The summed E-state index contributed by atoms with van der Waals surface area (Å²) in [5, 5.41) is 15.6. The van der Waals surface area contributed by atoms with Crippen molar-refractivity contribution >= 4 is 11.8 Å². The maximum absolute atomic E-state index is 12.8. The van der Waals surface area contributed by atoms with Crippen LogP contribution in [0.4, 0.5) is 0 Å². The molecule has 0 saturated heterocycles. The molecule has 196 valence electrons. The molecule has 1 heterocycles. The van der Waals surface area contributed by atoms with E-state index in [0.717, 1.165) is 41.5 Å². The quantitative estimate of drug-likeness (QED) is 0.488. The van der Waals surface area contributed by atoms with Crippen LogP contribution in [0.1, 0.15) is 81.4 Å². The number of nitrogens with one attached hydrogen (secondary N) is 1. The molecule has 1 aliphatic rings. The van der Waals surface area contributed by atoms with Crippen LogP contribution in [0.5, 0.6) is 0 Å². The Labute approximate surface area is 218 Å². The second kappa shape index (κ2) is 10.8. The molecule has 37 heavy (non-hydrogen) atoms. The standard InChI is InChI=1S/C28H37N7O2/c1-6-7-8-22(29)17-28(27-30-32-33-31-27)23-13-11-20(25(36)34(2)3)15-18(23)9-10-19-16-21(12-14-24(19)28)26(37)35(4)5/h11-16,22H,6-10,17,29H2,1-5H3,(H,30,31,32,33)/t22-/m0/s1. The molecule has 0 spiro atoms. The number of nitrogens with two attached hydrogens (primary N) is 1. The molecule has 4 rings (SSSR count). The fourth-order valence-electron chi connectivity index (χ4n) is 5.49. The highest BCUT2D eigenvalue weighted by Crippen LogP contribution is 2.47. The van der Waals surface area contributed by atoms with Crippen molar-refractivity contribution in [1.82, 2.24) is 30.4 Å². The zero-order valence-corrected chi connectivity index (χ0v) is 22.4. The van der Waals surface area contributed by atoms with Gasteiger partial charge >= 0.3 is 0 Å². The van der Waals surface area contributed by atoms with E-state index in [2.05, 4.69) is 27.5 Å². The summed E-state index contributed by atoms with van der Waals surface area (Å²) in [6, 6.07) is 11.7. The molecule has 1 aromatic heterocycles. The summed E-state index contributed by atoms with van der Waals surface area (Å²) in [7, 11) is 7.01. The lowest BCUT2D eigenvalue weighted by Gasteiger charge is -2.36. The fraction of sp³-hybridized carbons (Fsp3) is 0.464. The van der Waals surface area contributed by atoms with Gasteiger partial charge in [0.2, 0.25) is 0 Å². The van der Waals surface area contributed by atoms with Crippen LogP contribution >= 0.6 is 0 Å². The molecule has 0 unspecified atom stereocenters. The summed E-state index contributed by atoms with van der Waals surface area (Å²) in [6.07, 6.45) is 4.95. The molecule has 2 aromatic carbocycles. The number of hydrogen-bond donors (Lipinski definition) is 2. The molecular weight excluding hydrogens is 466 g/mol. The highest BCUT2D eigenvalue weighted by Gasteiger charge is 2.45. The van der Waals surface area contributed by atoms with Crippen LogP contribution in [0.2, 0.25) is 0 Å². The Morgan fingerprint density at radius 2 is 1.51 bits per heavy atom. The molecular formula is C28H37N7O2. The summed E-state index contributed by atoms with van der Waals surface area (Å²) in [4.78, 5) is 28.8. The monoisotopic (exact) mass is 503 g/mol. The van der Waals surface area contributed by atoms with Crippen LogP contribution in [0, 0.1) is 0 Å². The van der Waals surface area contributed by atoms with E-state index in [-0.39, 0.29) is 17.9 Å². The van der Waals surface area contributed by atoms with E-state index < -0.39 is 5.41 Å². The van der Waals surface area contributed by atoms with Crippen LogP contribution in [0.25, 0.3) is 0 Å². The van der Waals surface area contributed by atoms with Crippen LogP contribution in [0.15, 0.2) is 36.4 Å². The third kappa shape index (κ3) is 5.00. The summed E-state index contributed by atoms with van der Waals surface area (Å²) < 4.78 is 0. The van der Waals surface area contributed by atoms with Crippen molar-refractivity contribution < 1.29 is 9.59 Å². The molecule has 1 atom stereocenters. The number of aryl methyl sites for hydroxylation is 2. The summed E-state index contributed by atoms with van der Waals surface area (Å²) in [5.41, 5.74) is 11.4.